The number of carbonyl (C=O) groups excluding carboxylic acids is 1. The minimum Gasteiger partial charge on any atom is -0.475 e. The first kappa shape index (κ1) is 16.7. The minimum absolute atomic E-state index is 0.0169. The highest BCUT2D eigenvalue weighted by Gasteiger charge is 2.34. The van der Waals surface area contributed by atoms with Gasteiger partial charge in [-0.15, -0.1) is 0 Å². The van der Waals surface area contributed by atoms with Crippen LogP contribution in [0.4, 0.5) is 0 Å². The fourth-order valence-electron chi connectivity index (χ4n) is 2.85. The first-order valence-corrected chi connectivity index (χ1v) is 7.57. The van der Waals surface area contributed by atoms with Crippen LogP contribution in [0.1, 0.15) is 17.3 Å². The molecule has 22 heavy (non-hydrogen) atoms. The van der Waals surface area contributed by atoms with Gasteiger partial charge >= 0.3 is 0 Å². The molecule has 0 unspecified atom stereocenters. The number of pyridine rings is 1. The van der Waals surface area contributed by atoms with Crippen molar-refractivity contribution in [3.8, 4) is 5.88 Å². The van der Waals surface area contributed by atoms with Crippen LogP contribution in [0.15, 0.2) is 18.3 Å². The van der Waals surface area contributed by atoms with Crippen molar-refractivity contribution in [2.45, 2.75) is 13.0 Å². The quantitative estimate of drug-likeness (QED) is 0.738. The van der Waals surface area contributed by atoms with E-state index in [0.29, 0.717) is 36.6 Å². The van der Waals surface area contributed by atoms with Crippen LogP contribution >= 0.6 is 0 Å². The maximum atomic E-state index is 12.8. The van der Waals surface area contributed by atoms with E-state index in [1.807, 2.05) is 4.90 Å². The van der Waals surface area contributed by atoms with E-state index in [1.165, 1.54) is 0 Å². The molecule has 122 valence electrons. The molecular weight excluding hydrogens is 282 g/mol. The van der Waals surface area contributed by atoms with E-state index in [2.05, 4.69) is 30.9 Å². The number of nitrogens with zero attached hydrogens (tertiary/aromatic N) is 3. The highest BCUT2D eigenvalue weighted by Crippen LogP contribution is 2.24. The molecule has 6 heteroatoms. The molecule has 0 spiro atoms. The Morgan fingerprint density at radius 2 is 2.18 bits per heavy atom. The van der Waals surface area contributed by atoms with Crippen molar-refractivity contribution in [1.82, 2.24) is 14.8 Å². The summed E-state index contributed by atoms with van der Waals surface area (Å²) in [5, 5.41) is 0. The summed E-state index contributed by atoms with van der Waals surface area (Å²) in [7, 11) is 5.72. The number of rotatable bonds is 6. The lowest BCUT2D eigenvalue weighted by Gasteiger charge is -2.22. The van der Waals surface area contributed by atoms with Crippen molar-refractivity contribution in [2.75, 3.05) is 47.5 Å². The highest BCUT2D eigenvalue weighted by molar-refractivity contribution is 5.96. The molecule has 1 aromatic rings. The van der Waals surface area contributed by atoms with Crippen LogP contribution in [0.3, 0.4) is 0 Å². The monoisotopic (exact) mass is 307 g/mol. The van der Waals surface area contributed by atoms with Gasteiger partial charge in [-0.25, -0.2) is 4.98 Å². The summed E-state index contributed by atoms with van der Waals surface area (Å²) in [4.78, 5) is 21.0. The average molecular weight is 307 g/mol. The maximum absolute atomic E-state index is 12.8. The Bertz CT molecular complexity index is 507. The molecule has 0 N–H and O–H groups in total. The zero-order valence-electron chi connectivity index (χ0n) is 13.8. The smallest absolute Gasteiger partial charge is 0.259 e. The van der Waals surface area contributed by atoms with Gasteiger partial charge in [0.25, 0.3) is 5.91 Å². The first-order chi connectivity index (χ1) is 10.5. The Labute approximate surface area is 132 Å². The van der Waals surface area contributed by atoms with Crippen molar-refractivity contribution in [2.24, 2.45) is 5.92 Å². The third-order valence-electron chi connectivity index (χ3n) is 4.05. The molecule has 1 fully saturated rings. The fraction of sp³-hybridized carbons (Fsp3) is 0.625. The van der Waals surface area contributed by atoms with E-state index >= 15 is 0 Å². The number of methoxy groups -OCH3 is 1. The van der Waals surface area contributed by atoms with Crippen LogP contribution in [0.2, 0.25) is 0 Å². The van der Waals surface area contributed by atoms with Crippen LogP contribution < -0.4 is 4.74 Å². The van der Waals surface area contributed by atoms with Gasteiger partial charge in [0.2, 0.25) is 5.88 Å². The number of hydrogen-bond acceptors (Lipinski definition) is 5. The predicted molar refractivity (Wildman–Crippen MR) is 84.2 cm³/mol. The van der Waals surface area contributed by atoms with Crippen LogP contribution in [0.5, 0.6) is 5.88 Å². The zero-order chi connectivity index (χ0) is 16.1. The normalized spacial score (nSPS) is 21.4. The molecule has 1 amide bonds. The van der Waals surface area contributed by atoms with E-state index in [1.54, 1.807) is 25.4 Å². The molecule has 2 atom stereocenters. The van der Waals surface area contributed by atoms with Crippen molar-refractivity contribution < 1.29 is 14.3 Å². The molecule has 2 heterocycles. The van der Waals surface area contributed by atoms with E-state index in [9.17, 15) is 4.79 Å². The SMILES string of the molecule is COCCOc1ncccc1C(=O)N1C[C@@H](C)[C@@H](N(C)C)C1. The number of hydrogen-bond donors (Lipinski definition) is 0. The number of ether oxygens (including phenoxy) is 2. The van der Waals surface area contributed by atoms with Crippen molar-refractivity contribution in [1.29, 1.82) is 0 Å². The van der Waals surface area contributed by atoms with Crippen LogP contribution in [0, 0.1) is 5.92 Å². The van der Waals surface area contributed by atoms with Crippen molar-refractivity contribution in [3.63, 3.8) is 0 Å². The summed E-state index contributed by atoms with van der Waals surface area (Å²) < 4.78 is 10.5. The van der Waals surface area contributed by atoms with Crippen molar-refractivity contribution >= 4 is 5.91 Å². The second-order valence-corrected chi connectivity index (χ2v) is 5.92. The molecule has 0 bridgehead atoms. The number of likely N-dealkylation sites (tertiary alicyclic amines) is 1. The maximum Gasteiger partial charge on any atom is 0.259 e. The zero-order valence-corrected chi connectivity index (χ0v) is 13.8. The van der Waals surface area contributed by atoms with Crippen LogP contribution in [-0.2, 0) is 4.74 Å². The fourth-order valence-corrected chi connectivity index (χ4v) is 2.85. The average Bonchev–Trinajstić information content (AvgIpc) is 2.89. The summed E-state index contributed by atoms with van der Waals surface area (Å²) in [5.74, 6) is 0.815. The van der Waals surface area contributed by atoms with Crippen molar-refractivity contribution in [3.05, 3.63) is 23.9 Å². The van der Waals surface area contributed by atoms with Gasteiger partial charge < -0.3 is 19.3 Å². The summed E-state index contributed by atoms with van der Waals surface area (Å²) in [6.45, 7) is 4.52. The molecule has 0 radical (unpaired) electrons. The molecule has 1 aliphatic rings. The van der Waals surface area contributed by atoms with Crippen LogP contribution in [0.25, 0.3) is 0 Å². The Morgan fingerprint density at radius 3 is 2.82 bits per heavy atom. The van der Waals surface area contributed by atoms with Gasteiger partial charge in [-0.05, 0) is 32.1 Å². The Hall–Kier alpha value is -1.66. The molecule has 1 saturated heterocycles. The molecule has 6 nitrogen and oxygen atoms in total. The molecule has 0 saturated carbocycles. The molecule has 2 rings (SSSR count). The summed E-state index contributed by atoms with van der Waals surface area (Å²) >= 11 is 0. The molecule has 0 aliphatic carbocycles. The number of aromatic nitrogens is 1. The largest absolute Gasteiger partial charge is 0.475 e. The summed E-state index contributed by atoms with van der Waals surface area (Å²) in [6, 6.07) is 3.92. The summed E-state index contributed by atoms with van der Waals surface area (Å²) in [5.41, 5.74) is 0.519. The summed E-state index contributed by atoms with van der Waals surface area (Å²) in [6.07, 6.45) is 1.63. The van der Waals surface area contributed by atoms with E-state index in [-0.39, 0.29) is 5.91 Å². The van der Waals surface area contributed by atoms with Crippen LogP contribution in [-0.4, -0.2) is 74.2 Å². The van der Waals surface area contributed by atoms with E-state index in [0.717, 1.165) is 13.1 Å². The first-order valence-electron chi connectivity index (χ1n) is 7.57. The lowest BCUT2D eigenvalue weighted by molar-refractivity contribution is 0.0772. The van der Waals surface area contributed by atoms with Gasteiger partial charge in [0.15, 0.2) is 0 Å². The van der Waals surface area contributed by atoms with E-state index in [4.69, 9.17) is 9.47 Å². The third kappa shape index (κ3) is 3.75. The molecule has 1 aromatic heterocycles. The molecule has 1 aliphatic heterocycles. The Kier molecular flexibility index (Phi) is 5.74. The lowest BCUT2D eigenvalue weighted by Crippen LogP contribution is -2.36. The van der Waals surface area contributed by atoms with Gasteiger partial charge in [-0.1, -0.05) is 6.92 Å². The number of likely N-dealkylation sites (N-methyl/N-ethyl adjacent to an activating group) is 1. The highest BCUT2D eigenvalue weighted by atomic mass is 16.5. The molecule has 0 aromatic carbocycles. The topological polar surface area (TPSA) is 54.9 Å². The van der Waals surface area contributed by atoms with Gasteiger partial charge in [0.1, 0.15) is 12.2 Å². The standard InChI is InChI=1S/C16H25N3O3/c1-12-10-19(11-14(12)18(2)3)16(20)13-6-5-7-17-15(13)22-9-8-21-4/h5-7,12,14H,8-11H2,1-4H3/t12-,14+/m1/s1. The number of amides is 1. The van der Waals surface area contributed by atoms with Gasteiger partial charge in [0.05, 0.1) is 6.61 Å². The minimum atomic E-state index is -0.0169. The lowest BCUT2D eigenvalue weighted by atomic mass is 10.1. The Morgan fingerprint density at radius 1 is 1.41 bits per heavy atom. The van der Waals surface area contributed by atoms with Gasteiger partial charge in [-0.2, -0.15) is 0 Å². The third-order valence-corrected chi connectivity index (χ3v) is 4.05. The second-order valence-electron chi connectivity index (χ2n) is 5.92. The van der Waals surface area contributed by atoms with Gasteiger partial charge in [0, 0.05) is 32.4 Å². The van der Waals surface area contributed by atoms with Gasteiger partial charge in [-0.3, -0.25) is 4.79 Å². The number of carbonyl (C=O) groups is 1. The molecular formula is C16H25N3O3. The Balaban J connectivity index is 2.10. The predicted octanol–water partition coefficient (Wildman–Crippen LogP) is 1.13. The second kappa shape index (κ2) is 7.56. The van der Waals surface area contributed by atoms with E-state index < -0.39 is 0 Å².